The summed E-state index contributed by atoms with van der Waals surface area (Å²) in [4.78, 5) is 0. The molecule has 0 radical (unpaired) electrons. The molecule has 1 aliphatic rings. The Labute approximate surface area is 79.3 Å². The number of furan rings is 1. The van der Waals surface area contributed by atoms with Crippen molar-refractivity contribution in [1.82, 2.24) is 5.32 Å². The highest BCUT2D eigenvalue weighted by molar-refractivity contribution is 5.20. The molecule has 0 saturated heterocycles. The highest BCUT2D eigenvalue weighted by Crippen LogP contribution is 2.23. The third-order valence-corrected chi connectivity index (χ3v) is 2.53. The van der Waals surface area contributed by atoms with Crippen LogP contribution in [0.15, 0.2) is 16.7 Å². The van der Waals surface area contributed by atoms with Gasteiger partial charge in [-0.2, -0.15) is 0 Å². The van der Waals surface area contributed by atoms with Crippen LogP contribution in [-0.2, 0) is 6.54 Å². The van der Waals surface area contributed by atoms with Gasteiger partial charge in [-0.15, -0.1) is 0 Å². The molecule has 0 amide bonds. The van der Waals surface area contributed by atoms with E-state index >= 15 is 0 Å². The number of hydrogen-bond acceptors (Lipinski definition) is 2. The van der Waals surface area contributed by atoms with E-state index in [4.69, 9.17) is 4.42 Å². The lowest BCUT2D eigenvalue weighted by molar-refractivity contribution is 0.475. The summed E-state index contributed by atoms with van der Waals surface area (Å²) in [6, 6.07) is 2.83. The Bertz CT molecular complexity index is 273. The maximum atomic E-state index is 5.44. The zero-order chi connectivity index (χ0) is 9.26. The Morgan fingerprint density at radius 3 is 2.92 bits per heavy atom. The van der Waals surface area contributed by atoms with E-state index in [2.05, 4.69) is 25.2 Å². The highest BCUT2D eigenvalue weighted by Gasteiger charge is 2.21. The van der Waals surface area contributed by atoms with Crippen molar-refractivity contribution >= 4 is 0 Å². The minimum atomic E-state index is 0.565. The summed E-state index contributed by atoms with van der Waals surface area (Å²) >= 11 is 0. The largest absolute Gasteiger partial charge is 0.468 e. The van der Waals surface area contributed by atoms with Gasteiger partial charge < -0.3 is 9.73 Å². The van der Waals surface area contributed by atoms with Crippen molar-refractivity contribution in [2.24, 2.45) is 0 Å². The lowest BCUT2D eigenvalue weighted by atomic mass is 10.0. The van der Waals surface area contributed by atoms with Gasteiger partial charge >= 0.3 is 0 Å². The monoisotopic (exact) mass is 179 g/mol. The molecule has 1 aliphatic carbocycles. The summed E-state index contributed by atoms with van der Waals surface area (Å²) in [5.41, 5.74) is 1.34. The molecule has 2 nitrogen and oxygen atoms in total. The molecule has 0 spiro atoms. The highest BCUT2D eigenvalue weighted by atomic mass is 16.3. The van der Waals surface area contributed by atoms with Gasteiger partial charge in [0.25, 0.3) is 0 Å². The molecule has 0 atom stereocenters. The smallest absolute Gasteiger partial charge is 0.120 e. The summed E-state index contributed by atoms with van der Waals surface area (Å²) < 4.78 is 5.44. The summed E-state index contributed by atoms with van der Waals surface area (Å²) in [5, 5.41) is 3.46. The van der Waals surface area contributed by atoms with Crippen molar-refractivity contribution in [1.29, 1.82) is 0 Å². The topological polar surface area (TPSA) is 25.2 Å². The van der Waals surface area contributed by atoms with E-state index in [1.165, 1.54) is 18.4 Å². The molecule has 0 aromatic carbocycles. The molecule has 0 bridgehead atoms. The molecule has 1 saturated carbocycles. The molecule has 0 aliphatic heterocycles. The molecule has 1 aromatic rings. The van der Waals surface area contributed by atoms with Crippen molar-refractivity contribution in [2.75, 3.05) is 0 Å². The summed E-state index contributed by atoms with van der Waals surface area (Å²) in [5.74, 6) is 1.68. The first-order valence-electron chi connectivity index (χ1n) is 5.07. The van der Waals surface area contributed by atoms with Crippen LogP contribution in [-0.4, -0.2) is 6.04 Å². The van der Waals surface area contributed by atoms with Crippen LogP contribution < -0.4 is 5.32 Å². The van der Waals surface area contributed by atoms with Gasteiger partial charge in [0, 0.05) is 6.04 Å². The Balaban J connectivity index is 1.96. The maximum absolute atomic E-state index is 5.44. The average Bonchev–Trinajstić information content (AvgIpc) is 2.79. The fourth-order valence-corrected chi connectivity index (χ4v) is 1.53. The maximum Gasteiger partial charge on any atom is 0.120 e. The Kier molecular flexibility index (Phi) is 2.40. The van der Waals surface area contributed by atoms with Crippen LogP contribution in [0.2, 0.25) is 0 Å². The van der Waals surface area contributed by atoms with Gasteiger partial charge in [0.2, 0.25) is 0 Å². The molecule has 2 heteroatoms. The van der Waals surface area contributed by atoms with Crippen LogP contribution in [0.3, 0.4) is 0 Å². The van der Waals surface area contributed by atoms with Crippen molar-refractivity contribution in [3.8, 4) is 0 Å². The second kappa shape index (κ2) is 3.54. The lowest BCUT2D eigenvalue weighted by Gasteiger charge is -2.05. The normalized spacial score (nSPS) is 16.8. The number of nitrogens with one attached hydrogen (secondary N) is 1. The van der Waals surface area contributed by atoms with E-state index in [1.54, 1.807) is 6.26 Å². The molecular formula is C11H17NO. The minimum Gasteiger partial charge on any atom is -0.468 e. The van der Waals surface area contributed by atoms with Gasteiger partial charge in [-0.05, 0) is 30.4 Å². The first-order valence-corrected chi connectivity index (χ1v) is 5.07. The Morgan fingerprint density at radius 1 is 1.54 bits per heavy atom. The van der Waals surface area contributed by atoms with Gasteiger partial charge in [0.15, 0.2) is 0 Å². The quantitative estimate of drug-likeness (QED) is 0.768. The molecule has 2 rings (SSSR count). The molecular weight excluding hydrogens is 162 g/mol. The van der Waals surface area contributed by atoms with Crippen molar-refractivity contribution in [3.05, 3.63) is 23.7 Å². The molecule has 1 aromatic heterocycles. The third-order valence-electron chi connectivity index (χ3n) is 2.53. The Morgan fingerprint density at radius 2 is 2.31 bits per heavy atom. The van der Waals surface area contributed by atoms with E-state index in [1.807, 2.05) is 0 Å². The van der Waals surface area contributed by atoms with Gasteiger partial charge in [0.1, 0.15) is 5.76 Å². The second-order valence-corrected chi connectivity index (χ2v) is 4.11. The van der Waals surface area contributed by atoms with Crippen LogP contribution in [0.5, 0.6) is 0 Å². The van der Waals surface area contributed by atoms with Crippen LogP contribution in [0.4, 0.5) is 0 Å². The van der Waals surface area contributed by atoms with E-state index in [9.17, 15) is 0 Å². The zero-order valence-electron chi connectivity index (χ0n) is 8.34. The standard InChI is InChI=1S/C11H17NO/c1-8(2)10-5-6-13-11(10)7-12-9-3-4-9/h5-6,8-9,12H,3-4,7H2,1-2H3. The van der Waals surface area contributed by atoms with E-state index in [-0.39, 0.29) is 0 Å². The van der Waals surface area contributed by atoms with Gasteiger partial charge in [0.05, 0.1) is 12.8 Å². The summed E-state index contributed by atoms with van der Waals surface area (Å²) in [6.07, 6.45) is 4.45. The van der Waals surface area contributed by atoms with Crippen LogP contribution in [0, 0.1) is 0 Å². The van der Waals surface area contributed by atoms with E-state index < -0.39 is 0 Å². The summed E-state index contributed by atoms with van der Waals surface area (Å²) in [7, 11) is 0. The van der Waals surface area contributed by atoms with E-state index in [0.717, 1.165) is 18.3 Å². The van der Waals surface area contributed by atoms with Crippen LogP contribution >= 0.6 is 0 Å². The van der Waals surface area contributed by atoms with Crippen LogP contribution in [0.25, 0.3) is 0 Å². The average molecular weight is 179 g/mol. The van der Waals surface area contributed by atoms with Gasteiger partial charge in [-0.1, -0.05) is 13.8 Å². The first kappa shape index (κ1) is 8.82. The fourth-order valence-electron chi connectivity index (χ4n) is 1.53. The number of rotatable bonds is 4. The second-order valence-electron chi connectivity index (χ2n) is 4.11. The number of hydrogen-bond donors (Lipinski definition) is 1. The van der Waals surface area contributed by atoms with Gasteiger partial charge in [-0.3, -0.25) is 0 Å². The summed E-state index contributed by atoms with van der Waals surface area (Å²) in [6.45, 7) is 5.29. The molecule has 72 valence electrons. The predicted molar refractivity (Wildman–Crippen MR) is 52.7 cm³/mol. The molecule has 1 N–H and O–H groups in total. The van der Waals surface area contributed by atoms with Gasteiger partial charge in [-0.25, -0.2) is 0 Å². The third kappa shape index (κ3) is 2.13. The molecule has 1 heterocycles. The molecule has 1 fully saturated rings. The molecule has 13 heavy (non-hydrogen) atoms. The SMILES string of the molecule is CC(C)c1ccoc1CNC1CC1. The van der Waals surface area contributed by atoms with E-state index in [0.29, 0.717) is 5.92 Å². The predicted octanol–water partition coefficient (Wildman–Crippen LogP) is 2.66. The van der Waals surface area contributed by atoms with Crippen molar-refractivity contribution in [2.45, 2.75) is 45.2 Å². The zero-order valence-corrected chi connectivity index (χ0v) is 8.34. The van der Waals surface area contributed by atoms with Crippen LogP contribution in [0.1, 0.15) is 43.9 Å². The fraction of sp³-hybridized carbons (Fsp3) is 0.636. The van der Waals surface area contributed by atoms with Crippen molar-refractivity contribution in [3.63, 3.8) is 0 Å². The lowest BCUT2D eigenvalue weighted by Crippen LogP contribution is -2.15. The molecule has 0 unspecified atom stereocenters. The first-order chi connectivity index (χ1) is 6.27. The Hall–Kier alpha value is -0.760. The van der Waals surface area contributed by atoms with Crippen molar-refractivity contribution < 1.29 is 4.42 Å². The minimum absolute atomic E-state index is 0.565.